The summed E-state index contributed by atoms with van der Waals surface area (Å²) in [6, 6.07) is 0. The van der Waals surface area contributed by atoms with E-state index in [4.69, 9.17) is 9.47 Å². The molecule has 3 rings (SSSR count). The second kappa shape index (κ2) is 6.82. The molecule has 0 unspecified atom stereocenters. The Labute approximate surface area is 134 Å². The van der Waals surface area contributed by atoms with E-state index in [2.05, 4.69) is 20.6 Å². The molecule has 2 aliphatic rings. The Morgan fingerprint density at radius 3 is 2.91 bits per heavy atom. The fourth-order valence-corrected chi connectivity index (χ4v) is 3.20. The van der Waals surface area contributed by atoms with Crippen molar-refractivity contribution in [3.05, 3.63) is 6.33 Å². The Morgan fingerprint density at radius 1 is 1.43 bits per heavy atom. The van der Waals surface area contributed by atoms with Crippen LogP contribution >= 0.6 is 0 Å². The predicted molar refractivity (Wildman–Crippen MR) is 82.2 cm³/mol. The minimum atomic E-state index is -2.24. The van der Waals surface area contributed by atoms with Crippen LogP contribution in [0.4, 0.5) is 20.4 Å². The van der Waals surface area contributed by atoms with Crippen molar-refractivity contribution in [3.63, 3.8) is 0 Å². The van der Waals surface area contributed by atoms with Crippen LogP contribution in [0.2, 0.25) is 0 Å². The van der Waals surface area contributed by atoms with Gasteiger partial charge >= 0.3 is 0 Å². The van der Waals surface area contributed by atoms with E-state index in [0.29, 0.717) is 62.8 Å². The van der Waals surface area contributed by atoms with Gasteiger partial charge in [-0.05, 0) is 25.7 Å². The van der Waals surface area contributed by atoms with Gasteiger partial charge in [0.1, 0.15) is 12.9 Å². The average molecular weight is 328 g/mol. The van der Waals surface area contributed by atoms with Gasteiger partial charge in [-0.25, -0.2) is 18.7 Å². The first-order chi connectivity index (χ1) is 11.1. The van der Waals surface area contributed by atoms with Crippen molar-refractivity contribution in [2.75, 3.05) is 37.4 Å². The van der Waals surface area contributed by atoms with Gasteiger partial charge < -0.3 is 20.1 Å². The average Bonchev–Trinajstić information content (AvgIpc) is 2.60. The summed E-state index contributed by atoms with van der Waals surface area (Å²) in [6.45, 7) is 1.77. The highest BCUT2D eigenvalue weighted by Crippen LogP contribution is 2.38. The molecule has 0 spiro atoms. The van der Waals surface area contributed by atoms with Crippen LogP contribution in [0.3, 0.4) is 0 Å². The second-order valence-corrected chi connectivity index (χ2v) is 6.09. The number of alkyl halides is 2. The second-order valence-electron chi connectivity index (χ2n) is 6.09. The summed E-state index contributed by atoms with van der Waals surface area (Å²) in [7, 11) is 1.64. The maximum Gasteiger partial charge on any atom is 0.241 e. The van der Waals surface area contributed by atoms with E-state index in [-0.39, 0.29) is 0 Å². The lowest BCUT2D eigenvalue weighted by molar-refractivity contribution is -0.0593. The van der Waals surface area contributed by atoms with Gasteiger partial charge in [-0.15, -0.1) is 0 Å². The molecule has 1 fully saturated rings. The summed E-state index contributed by atoms with van der Waals surface area (Å²) in [5.74, 6) is 1.36. The van der Waals surface area contributed by atoms with Gasteiger partial charge in [0.15, 0.2) is 11.6 Å². The normalized spacial score (nSPS) is 27.0. The topological polar surface area (TPSA) is 68.3 Å². The van der Waals surface area contributed by atoms with E-state index >= 15 is 0 Å². The fraction of sp³-hybridized carbons (Fsp3) is 0.733. The summed E-state index contributed by atoms with van der Waals surface area (Å²) in [6.07, 6.45) is 1.40. The highest BCUT2D eigenvalue weighted by atomic mass is 19.3. The van der Waals surface area contributed by atoms with Crippen molar-refractivity contribution < 1.29 is 18.3 Å². The van der Waals surface area contributed by atoms with Crippen LogP contribution in [0.25, 0.3) is 0 Å². The molecule has 1 aliphatic heterocycles. The van der Waals surface area contributed by atoms with Gasteiger partial charge in [-0.2, -0.15) is 0 Å². The molecular weight excluding hydrogens is 306 g/mol. The largest absolute Gasteiger partial charge is 0.485 e. The molecule has 0 amide bonds. The van der Waals surface area contributed by atoms with Crippen LogP contribution in [0.15, 0.2) is 6.33 Å². The van der Waals surface area contributed by atoms with Crippen LogP contribution in [-0.2, 0) is 4.74 Å². The molecule has 0 aromatic carbocycles. The predicted octanol–water partition coefficient (Wildman–Crippen LogP) is 2.53. The highest BCUT2D eigenvalue weighted by Gasteiger charge is 2.38. The number of nitrogens with one attached hydrogen (secondary N) is 2. The van der Waals surface area contributed by atoms with Gasteiger partial charge in [-0.3, -0.25) is 0 Å². The molecule has 1 saturated carbocycles. The first-order valence-corrected chi connectivity index (χ1v) is 7.92. The minimum Gasteiger partial charge on any atom is -0.485 e. The van der Waals surface area contributed by atoms with E-state index in [9.17, 15) is 8.78 Å². The van der Waals surface area contributed by atoms with E-state index < -0.39 is 17.9 Å². The lowest BCUT2D eigenvalue weighted by atomic mass is 9.78. The quantitative estimate of drug-likeness (QED) is 0.866. The minimum absolute atomic E-state index is 0.439. The third kappa shape index (κ3) is 3.46. The van der Waals surface area contributed by atoms with E-state index in [0.717, 1.165) is 0 Å². The lowest BCUT2D eigenvalue weighted by Gasteiger charge is -2.39. The molecule has 1 aromatic rings. The molecule has 2 N–H and O–H groups in total. The van der Waals surface area contributed by atoms with E-state index in [1.807, 2.05) is 0 Å². The molecule has 0 atom stereocenters. The van der Waals surface area contributed by atoms with Crippen molar-refractivity contribution in [3.8, 4) is 5.75 Å². The Hall–Kier alpha value is -1.70. The molecule has 0 bridgehead atoms. The van der Waals surface area contributed by atoms with Gasteiger partial charge in [0.25, 0.3) is 0 Å². The van der Waals surface area contributed by atoms with Crippen molar-refractivity contribution in [1.29, 1.82) is 0 Å². The Bertz CT molecular complexity index is 536. The summed E-state index contributed by atoms with van der Waals surface area (Å²) >= 11 is 0. The number of halogens is 2. The highest BCUT2D eigenvalue weighted by molar-refractivity contribution is 5.64. The van der Waals surface area contributed by atoms with Crippen molar-refractivity contribution in [2.45, 2.75) is 37.7 Å². The zero-order chi connectivity index (χ0) is 16.3. The zero-order valence-corrected chi connectivity index (χ0v) is 13.1. The molecule has 1 aromatic heterocycles. The lowest BCUT2D eigenvalue weighted by Crippen LogP contribution is -2.43. The molecule has 128 valence electrons. The van der Waals surface area contributed by atoms with Gasteiger partial charge in [-0.1, -0.05) is 0 Å². The molecule has 8 heteroatoms. The number of methoxy groups -OCH3 is 1. The van der Waals surface area contributed by atoms with Gasteiger partial charge in [0.2, 0.25) is 12.2 Å². The maximum atomic E-state index is 12.8. The van der Waals surface area contributed by atoms with E-state index in [1.54, 1.807) is 7.11 Å². The van der Waals surface area contributed by atoms with Crippen LogP contribution in [0.5, 0.6) is 5.75 Å². The first kappa shape index (κ1) is 16.2. The Morgan fingerprint density at radius 2 is 2.22 bits per heavy atom. The summed E-state index contributed by atoms with van der Waals surface area (Å²) < 4.78 is 36.9. The molecule has 2 heterocycles. The van der Waals surface area contributed by atoms with E-state index in [1.165, 1.54) is 6.33 Å². The number of rotatable bonds is 5. The van der Waals surface area contributed by atoms with Crippen molar-refractivity contribution in [2.24, 2.45) is 5.92 Å². The van der Waals surface area contributed by atoms with Crippen LogP contribution in [-0.4, -0.2) is 48.8 Å². The maximum absolute atomic E-state index is 12.8. The summed E-state index contributed by atoms with van der Waals surface area (Å²) in [5.41, 5.74) is -0.439. The number of anilines is 2. The number of fused-ring (bicyclic) bond motifs is 1. The standard InChI is InChI=1S/C15H22F2N4O2/c1-22-15(4-2-10(3-5-15)12(16)17)8-19-14-11-13(20-9-21-14)18-6-7-23-11/h9-10,12H,2-8H2,1H3,(H2,18,19,20,21). The number of hydrogen-bond donors (Lipinski definition) is 2. The van der Waals surface area contributed by atoms with Crippen LogP contribution < -0.4 is 15.4 Å². The summed E-state index contributed by atoms with van der Waals surface area (Å²) in [4.78, 5) is 8.36. The van der Waals surface area contributed by atoms with Crippen LogP contribution in [0, 0.1) is 5.92 Å². The molecule has 0 saturated heterocycles. The smallest absolute Gasteiger partial charge is 0.241 e. The van der Waals surface area contributed by atoms with Crippen molar-refractivity contribution >= 4 is 11.6 Å². The number of ether oxygens (including phenoxy) is 2. The molecule has 1 aliphatic carbocycles. The van der Waals surface area contributed by atoms with Gasteiger partial charge in [0.05, 0.1) is 12.1 Å². The summed E-state index contributed by atoms with van der Waals surface area (Å²) in [5, 5.41) is 6.40. The Balaban J connectivity index is 1.65. The number of nitrogens with zero attached hydrogens (tertiary/aromatic N) is 2. The Kier molecular flexibility index (Phi) is 4.79. The monoisotopic (exact) mass is 328 g/mol. The molecule has 0 radical (unpaired) electrons. The fourth-order valence-electron chi connectivity index (χ4n) is 3.20. The third-order valence-electron chi connectivity index (χ3n) is 4.75. The third-order valence-corrected chi connectivity index (χ3v) is 4.75. The van der Waals surface area contributed by atoms with Crippen LogP contribution in [0.1, 0.15) is 25.7 Å². The number of aromatic nitrogens is 2. The molecule has 23 heavy (non-hydrogen) atoms. The van der Waals surface area contributed by atoms with Gasteiger partial charge in [0, 0.05) is 19.6 Å². The SMILES string of the molecule is COC1(CNc2ncnc3c2OCCN3)CCC(C(F)F)CC1. The first-order valence-electron chi connectivity index (χ1n) is 7.92. The number of hydrogen-bond acceptors (Lipinski definition) is 6. The molecule has 6 nitrogen and oxygen atoms in total. The zero-order valence-electron chi connectivity index (χ0n) is 13.1. The molecular formula is C15H22F2N4O2. The van der Waals surface area contributed by atoms with Crippen molar-refractivity contribution in [1.82, 2.24) is 9.97 Å².